The summed E-state index contributed by atoms with van der Waals surface area (Å²) in [5, 5.41) is 3.34. The van der Waals surface area contributed by atoms with Gasteiger partial charge in [-0.1, -0.05) is 12.1 Å². The number of halogens is 3. The van der Waals surface area contributed by atoms with Crippen molar-refractivity contribution in [1.29, 1.82) is 0 Å². The van der Waals surface area contributed by atoms with E-state index in [9.17, 15) is 13.2 Å². The smallest absolute Gasteiger partial charge is 0.416 e. The minimum atomic E-state index is -4.40. The summed E-state index contributed by atoms with van der Waals surface area (Å²) in [6, 6.07) is 9.71. The Morgan fingerprint density at radius 3 is 2.85 bits per heavy atom. The lowest BCUT2D eigenvalue weighted by atomic mass is 9.96. The first-order valence-corrected chi connectivity index (χ1v) is 11.0. The van der Waals surface area contributed by atoms with Gasteiger partial charge in [0.05, 0.1) is 37.1 Å². The molecule has 2 aromatic carbocycles. The molecule has 0 saturated carbocycles. The molecule has 0 aromatic heterocycles. The molecule has 3 aliphatic rings. The molecule has 2 atom stereocenters. The van der Waals surface area contributed by atoms with Gasteiger partial charge in [-0.3, -0.25) is 0 Å². The van der Waals surface area contributed by atoms with E-state index in [1.165, 1.54) is 13.0 Å². The van der Waals surface area contributed by atoms with E-state index in [-0.39, 0.29) is 11.7 Å². The summed E-state index contributed by atoms with van der Waals surface area (Å²) in [6.45, 7) is 5.97. The van der Waals surface area contributed by atoms with Gasteiger partial charge in [0.25, 0.3) is 0 Å². The first-order chi connectivity index (χ1) is 15.8. The number of amidine groups is 1. The number of hydrogen-bond donors (Lipinski definition) is 1. The summed E-state index contributed by atoms with van der Waals surface area (Å²) in [5.41, 5.74) is 1.94. The lowest BCUT2D eigenvalue weighted by molar-refractivity contribution is -0.138. The van der Waals surface area contributed by atoms with Crippen molar-refractivity contribution < 1.29 is 22.6 Å². The molecule has 2 aromatic rings. The predicted octanol–water partition coefficient (Wildman–Crippen LogP) is 4.47. The first kappa shape index (κ1) is 21.8. The number of rotatable bonds is 4. The van der Waals surface area contributed by atoms with Gasteiger partial charge < -0.3 is 19.7 Å². The highest BCUT2D eigenvalue weighted by Gasteiger charge is 2.34. The number of aliphatic imine (C=N–C) groups is 2. The molecule has 9 heteroatoms. The second kappa shape index (κ2) is 8.37. The molecule has 0 bridgehead atoms. The van der Waals surface area contributed by atoms with Gasteiger partial charge in [0.2, 0.25) is 5.96 Å². The van der Waals surface area contributed by atoms with Crippen LogP contribution >= 0.6 is 0 Å². The number of nitrogens with zero attached hydrogens (tertiary/aromatic N) is 3. The van der Waals surface area contributed by atoms with Gasteiger partial charge in [-0.25, -0.2) is 4.99 Å². The Morgan fingerprint density at radius 1 is 1.24 bits per heavy atom. The van der Waals surface area contributed by atoms with Crippen LogP contribution in [-0.4, -0.2) is 44.2 Å². The molecule has 0 amide bonds. The Kier molecular flexibility index (Phi) is 5.52. The molecule has 5 rings (SSSR count). The molecule has 1 N–H and O–H groups in total. The molecule has 1 saturated heterocycles. The van der Waals surface area contributed by atoms with Crippen molar-refractivity contribution in [2.75, 3.05) is 31.2 Å². The fourth-order valence-corrected chi connectivity index (χ4v) is 4.55. The normalized spacial score (nSPS) is 20.6. The molecule has 0 radical (unpaired) electrons. The number of anilines is 1. The zero-order chi connectivity index (χ0) is 23.2. The Hall–Kier alpha value is -3.07. The molecule has 0 unspecified atom stereocenters. The second-order valence-corrected chi connectivity index (χ2v) is 8.46. The van der Waals surface area contributed by atoms with Crippen molar-refractivity contribution in [1.82, 2.24) is 5.32 Å². The predicted molar refractivity (Wildman–Crippen MR) is 120 cm³/mol. The zero-order valence-corrected chi connectivity index (χ0v) is 18.4. The van der Waals surface area contributed by atoms with Crippen LogP contribution in [0, 0.1) is 6.92 Å². The van der Waals surface area contributed by atoms with Crippen molar-refractivity contribution in [3.8, 4) is 5.75 Å². The zero-order valence-electron chi connectivity index (χ0n) is 18.4. The third-order valence-electron chi connectivity index (χ3n) is 6.24. The highest BCUT2D eigenvalue weighted by Crippen LogP contribution is 2.36. The first-order valence-electron chi connectivity index (χ1n) is 11.0. The minimum absolute atomic E-state index is 0.00980. The fraction of sp³-hybridized carbons (Fsp3) is 0.417. The monoisotopic (exact) mass is 458 g/mol. The van der Waals surface area contributed by atoms with E-state index in [0.29, 0.717) is 42.9 Å². The Bertz CT molecular complexity index is 1120. The topological polar surface area (TPSA) is 58.5 Å². The van der Waals surface area contributed by atoms with E-state index >= 15 is 0 Å². The highest BCUT2D eigenvalue weighted by atomic mass is 19.4. The van der Waals surface area contributed by atoms with Gasteiger partial charge in [-0.2, -0.15) is 18.2 Å². The van der Waals surface area contributed by atoms with E-state index in [4.69, 9.17) is 14.5 Å². The number of fused-ring (bicyclic) bond motifs is 3. The van der Waals surface area contributed by atoms with Crippen molar-refractivity contribution in [2.45, 2.75) is 38.6 Å². The van der Waals surface area contributed by atoms with Crippen molar-refractivity contribution >= 4 is 17.5 Å². The van der Waals surface area contributed by atoms with E-state index < -0.39 is 17.8 Å². The Labute approximate surface area is 190 Å². The standard InChI is InChI=1S/C24H25F3N4O2/c1-14-18(4-3-5-20(14)24(25,26)27)15(2)29-22-19-12-16(33-17-8-11-32-13-17)6-7-21(19)31-10-9-28-23(31)30-22/h3-7,12,15,17H,8-11,13H2,1-2H3,(H,28,29,30)/t15-,17+/m1/s1. The fourth-order valence-electron chi connectivity index (χ4n) is 4.55. The van der Waals surface area contributed by atoms with E-state index in [0.717, 1.165) is 30.3 Å². The molecule has 0 spiro atoms. The minimum Gasteiger partial charge on any atom is -0.488 e. The van der Waals surface area contributed by atoms with Crippen LogP contribution in [0.5, 0.6) is 5.75 Å². The molecule has 33 heavy (non-hydrogen) atoms. The molecule has 174 valence electrons. The molecular formula is C24H25F3N4O2. The molecule has 3 heterocycles. The van der Waals surface area contributed by atoms with Crippen molar-refractivity contribution in [3.63, 3.8) is 0 Å². The summed E-state index contributed by atoms with van der Waals surface area (Å²) in [7, 11) is 0. The van der Waals surface area contributed by atoms with Crippen molar-refractivity contribution in [2.24, 2.45) is 9.98 Å². The Balaban J connectivity index is 1.47. The van der Waals surface area contributed by atoms with E-state index in [1.807, 2.05) is 30.0 Å². The van der Waals surface area contributed by atoms with Gasteiger partial charge >= 0.3 is 6.18 Å². The van der Waals surface area contributed by atoms with Gasteiger partial charge in [0.15, 0.2) is 0 Å². The van der Waals surface area contributed by atoms with Crippen molar-refractivity contribution in [3.05, 3.63) is 58.7 Å². The quantitative estimate of drug-likeness (QED) is 0.735. The third-order valence-corrected chi connectivity index (χ3v) is 6.24. The van der Waals surface area contributed by atoms with Crippen LogP contribution in [0.4, 0.5) is 18.9 Å². The third kappa shape index (κ3) is 4.17. The van der Waals surface area contributed by atoms with Crippen LogP contribution in [0.2, 0.25) is 0 Å². The number of benzene rings is 2. The maximum Gasteiger partial charge on any atom is 0.416 e. The lowest BCUT2D eigenvalue weighted by Gasteiger charge is -2.29. The number of alkyl halides is 3. The van der Waals surface area contributed by atoms with Gasteiger partial charge in [0, 0.05) is 18.5 Å². The van der Waals surface area contributed by atoms with Crippen LogP contribution < -0.4 is 15.0 Å². The summed E-state index contributed by atoms with van der Waals surface area (Å²) >= 11 is 0. The maximum absolute atomic E-state index is 13.4. The SMILES string of the molecule is Cc1c([C@@H](C)NC2=NC3=NCCN3c3ccc(O[C@H]4CCOC4)cc32)cccc1C(F)(F)F. The van der Waals surface area contributed by atoms with Crippen LogP contribution in [0.25, 0.3) is 0 Å². The van der Waals surface area contributed by atoms with Crippen LogP contribution in [0.3, 0.4) is 0 Å². The number of nitrogens with one attached hydrogen (secondary N) is 1. The molecule has 6 nitrogen and oxygen atoms in total. The second-order valence-electron chi connectivity index (χ2n) is 8.46. The average Bonchev–Trinajstić information content (AvgIpc) is 3.45. The average molecular weight is 458 g/mol. The highest BCUT2D eigenvalue weighted by molar-refractivity contribution is 6.18. The van der Waals surface area contributed by atoms with Gasteiger partial charge in [-0.05, 0) is 49.2 Å². The van der Waals surface area contributed by atoms with Crippen LogP contribution in [-0.2, 0) is 10.9 Å². The molecular weight excluding hydrogens is 433 g/mol. The number of hydrogen-bond acceptors (Lipinski definition) is 6. The summed E-state index contributed by atoms with van der Waals surface area (Å²) < 4.78 is 51.7. The van der Waals surface area contributed by atoms with E-state index in [2.05, 4.69) is 10.3 Å². The molecule has 3 aliphatic heterocycles. The number of guanidine groups is 1. The maximum atomic E-state index is 13.4. The van der Waals surface area contributed by atoms with Gasteiger partial charge in [-0.15, -0.1) is 0 Å². The molecule has 0 aliphatic carbocycles. The van der Waals surface area contributed by atoms with Gasteiger partial charge in [0.1, 0.15) is 17.7 Å². The summed E-state index contributed by atoms with van der Waals surface area (Å²) in [4.78, 5) is 11.2. The Morgan fingerprint density at radius 2 is 2.09 bits per heavy atom. The lowest BCUT2D eigenvalue weighted by Crippen LogP contribution is -2.38. The largest absolute Gasteiger partial charge is 0.488 e. The van der Waals surface area contributed by atoms with Crippen LogP contribution in [0.15, 0.2) is 46.4 Å². The van der Waals surface area contributed by atoms with E-state index in [1.54, 1.807) is 6.07 Å². The summed E-state index contributed by atoms with van der Waals surface area (Å²) in [6.07, 6.45) is -3.55. The number of ether oxygens (including phenoxy) is 2. The molecule has 1 fully saturated rings. The summed E-state index contributed by atoms with van der Waals surface area (Å²) in [5.74, 6) is 1.89. The van der Waals surface area contributed by atoms with Crippen LogP contribution in [0.1, 0.15) is 41.6 Å².